The summed E-state index contributed by atoms with van der Waals surface area (Å²) in [6.45, 7) is 3.58. The fourth-order valence-electron chi connectivity index (χ4n) is 3.43. The molecule has 0 aliphatic carbocycles. The Bertz CT molecular complexity index is 722. The van der Waals surface area contributed by atoms with Crippen LogP contribution in [0, 0.1) is 0 Å². The van der Waals surface area contributed by atoms with E-state index in [1.165, 1.54) is 18.2 Å². The molecule has 0 spiro atoms. The number of rotatable bonds is 5. The summed E-state index contributed by atoms with van der Waals surface area (Å²) in [4.78, 5) is 13.9. The molecule has 1 N–H and O–H groups in total. The van der Waals surface area contributed by atoms with Crippen LogP contribution in [0.5, 0.6) is 0 Å². The monoisotopic (exact) mass is 329 g/mol. The molecule has 1 aromatic carbocycles. The van der Waals surface area contributed by atoms with Crippen molar-refractivity contribution in [2.24, 2.45) is 0 Å². The Kier molecular flexibility index (Phi) is 5.02. The molecule has 0 amide bonds. The lowest BCUT2D eigenvalue weighted by atomic mass is 9.92. The van der Waals surface area contributed by atoms with Crippen LogP contribution in [0.1, 0.15) is 46.0 Å². The van der Waals surface area contributed by atoms with Crippen LogP contribution >= 0.6 is 0 Å². The van der Waals surface area contributed by atoms with Crippen molar-refractivity contribution < 1.29 is 19.1 Å². The zero-order chi connectivity index (χ0) is 17.1. The molecule has 0 saturated carbocycles. The molecule has 1 aliphatic heterocycles. The lowest BCUT2D eigenvalue weighted by molar-refractivity contribution is 0.0563. The molecule has 0 bridgehead atoms. The van der Waals surface area contributed by atoms with E-state index >= 15 is 0 Å². The van der Waals surface area contributed by atoms with Gasteiger partial charge in [-0.1, -0.05) is 31.2 Å². The number of hydrogen-bond acceptors (Lipinski definition) is 5. The highest BCUT2D eigenvalue weighted by Crippen LogP contribution is 2.31. The maximum Gasteiger partial charge on any atom is 0.373 e. The molecule has 24 heavy (non-hydrogen) atoms. The van der Waals surface area contributed by atoms with Crippen molar-refractivity contribution in [2.75, 3.05) is 20.3 Å². The number of ether oxygens (including phenoxy) is 1. The lowest BCUT2D eigenvalue weighted by Gasteiger charge is -2.36. The quantitative estimate of drug-likeness (QED) is 0.855. The van der Waals surface area contributed by atoms with E-state index in [0.717, 1.165) is 24.3 Å². The molecular formula is C19H23NO4. The van der Waals surface area contributed by atoms with Gasteiger partial charge in [0.2, 0.25) is 5.76 Å². The molecule has 128 valence electrons. The Hall–Kier alpha value is -2.11. The molecule has 2 heterocycles. The van der Waals surface area contributed by atoms with Gasteiger partial charge < -0.3 is 14.3 Å². The van der Waals surface area contributed by atoms with Crippen LogP contribution < -0.4 is 0 Å². The van der Waals surface area contributed by atoms with Crippen LogP contribution in [0.4, 0.5) is 0 Å². The minimum Gasteiger partial charge on any atom is -0.463 e. The summed E-state index contributed by atoms with van der Waals surface area (Å²) in [5, 5.41) is 9.91. The number of furan rings is 1. The molecule has 3 rings (SSSR count). The predicted molar refractivity (Wildman–Crippen MR) is 89.8 cm³/mol. The van der Waals surface area contributed by atoms with Gasteiger partial charge in [0.05, 0.1) is 19.8 Å². The fraction of sp³-hybridized carbons (Fsp3) is 0.421. The summed E-state index contributed by atoms with van der Waals surface area (Å²) in [6.07, 6.45) is 1.66. The summed E-state index contributed by atoms with van der Waals surface area (Å²) < 4.78 is 10.4. The van der Waals surface area contributed by atoms with E-state index < -0.39 is 5.97 Å². The zero-order valence-corrected chi connectivity index (χ0v) is 14.1. The molecule has 0 radical (unpaired) electrons. The zero-order valence-electron chi connectivity index (χ0n) is 14.1. The standard InChI is InChI=1S/C19H23NO4/c1-3-17-14(10-18(24-17)19(22)23-2)11-20-9-8-13-6-4-5-7-15(13)16(20)12-21/h4-7,10,16,21H,3,8-9,11-12H2,1-2H3. The SMILES string of the molecule is CCc1oc(C(=O)OC)cc1CN1CCc2ccccc2C1CO. The van der Waals surface area contributed by atoms with Gasteiger partial charge in [-0.2, -0.15) is 0 Å². The summed E-state index contributed by atoms with van der Waals surface area (Å²) in [5.74, 6) is 0.576. The second-order valence-electron chi connectivity index (χ2n) is 6.02. The van der Waals surface area contributed by atoms with Gasteiger partial charge in [0.15, 0.2) is 0 Å². The van der Waals surface area contributed by atoms with Gasteiger partial charge in [-0.3, -0.25) is 4.90 Å². The molecule has 1 unspecified atom stereocenters. The van der Waals surface area contributed by atoms with Crippen LogP contribution in [-0.4, -0.2) is 36.2 Å². The van der Waals surface area contributed by atoms with Gasteiger partial charge in [0.25, 0.3) is 0 Å². The van der Waals surface area contributed by atoms with Gasteiger partial charge in [-0.05, 0) is 23.6 Å². The summed E-state index contributed by atoms with van der Waals surface area (Å²) in [7, 11) is 1.35. The predicted octanol–water partition coefficient (Wildman–Crippen LogP) is 2.72. The average molecular weight is 329 g/mol. The van der Waals surface area contributed by atoms with Crippen molar-refractivity contribution in [1.82, 2.24) is 4.90 Å². The van der Waals surface area contributed by atoms with Crippen molar-refractivity contribution in [2.45, 2.75) is 32.4 Å². The number of benzene rings is 1. The number of esters is 1. The van der Waals surface area contributed by atoms with Crippen molar-refractivity contribution in [3.8, 4) is 0 Å². The van der Waals surface area contributed by atoms with E-state index in [0.29, 0.717) is 13.0 Å². The molecule has 1 aromatic heterocycles. The second-order valence-corrected chi connectivity index (χ2v) is 6.02. The largest absolute Gasteiger partial charge is 0.463 e. The van der Waals surface area contributed by atoms with E-state index in [4.69, 9.17) is 9.15 Å². The third-order valence-corrected chi connectivity index (χ3v) is 4.67. The Morgan fingerprint density at radius 1 is 1.42 bits per heavy atom. The first-order chi connectivity index (χ1) is 11.7. The Balaban J connectivity index is 1.86. The van der Waals surface area contributed by atoms with E-state index in [1.807, 2.05) is 19.1 Å². The second kappa shape index (κ2) is 7.20. The Morgan fingerprint density at radius 3 is 2.92 bits per heavy atom. The van der Waals surface area contributed by atoms with E-state index in [-0.39, 0.29) is 18.4 Å². The first-order valence-electron chi connectivity index (χ1n) is 8.30. The normalized spacial score (nSPS) is 17.5. The third-order valence-electron chi connectivity index (χ3n) is 4.67. The molecule has 5 heteroatoms. The van der Waals surface area contributed by atoms with Crippen LogP contribution in [0.2, 0.25) is 0 Å². The van der Waals surface area contributed by atoms with Crippen LogP contribution in [0.15, 0.2) is 34.7 Å². The minimum absolute atomic E-state index is 0.0314. The molecule has 1 aliphatic rings. The highest BCUT2D eigenvalue weighted by atomic mass is 16.5. The lowest BCUT2D eigenvalue weighted by Crippen LogP contribution is -2.37. The van der Waals surface area contributed by atoms with Crippen molar-refractivity contribution >= 4 is 5.97 Å². The van der Waals surface area contributed by atoms with Crippen LogP contribution in [-0.2, 0) is 24.1 Å². The molecule has 0 fully saturated rings. The molecule has 5 nitrogen and oxygen atoms in total. The number of nitrogens with zero attached hydrogens (tertiary/aromatic N) is 1. The van der Waals surface area contributed by atoms with E-state index in [1.54, 1.807) is 6.07 Å². The number of carbonyl (C=O) groups excluding carboxylic acids is 1. The van der Waals surface area contributed by atoms with Crippen LogP contribution in [0.3, 0.4) is 0 Å². The van der Waals surface area contributed by atoms with Crippen molar-refractivity contribution in [3.05, 3.63) is 58.5 Å². The molecule has 0 saturated heterocycles. The van der Waals surface area contributed by atoms with E-state index in [2.05, 4.69) is 17.0 Å². The number of carbonyl (C=O) groups is 1. The van der Waals surface area contributed by atoms with Crippen LogP contribution in [0.25, 0.3) is 0 Å². The Labute approximate surface area is 141 Å². The smallest absolute Gasteiger partial charge is 0.373 e. The Morgan fingerprint density at radius 2 is 2.21 bits per heavy atom. The number of fused-ring (bicyclic) bond motifs is 1. The van der Waals surface area contributed by atoms with Crippen molar-refractivity contribution in [3.63, 3.8) is 0 Å². The number of methoxy groups -OCH3 is 1. The van der Waals surface area contributed by atoms with Gasteiger partial charge in [-0.25, -0.2) is 4.79 Å². The summed E-state index contributed by atoms with van der Waals surface area (Å²) in [6, 6.07) is 9.99. The minimum atomic E-state index is -0.460. The van der Waals surface area contributed by atoms with Gasteiger partial charge >= 0.3 is 5.97 Å². The van der Waals surface area contributed by atoms with Gasteiger partial charge in [0, 0.05) is 25.1 Å². The molecule has 2 aromatic rings. The summed E-state index contributed by atoms with van der Waals surface area (Å²) >= 11 is 0. The van der Waals surface area contributed by atoms with E-state index in [9.17, 15) is 9.90 Å². The maximum atomic E-state index is 11.7. The topological polar surface area (TPSA) is 62.9 Å². The number of aliphatic hydroxyl groups is 1. The fourth-order valence-corrected chi connectivity index (χ4v) is 3.43. The molecular weight excluding hydrogens is 306 g/mol. The van der Waals surface area contributed by atoms with Crippen molar-refractivity contribution in [1.29, 1.82) is 0 Å². The number of aryl methyl sites for hydroxylation is 1. The highest BCUT2D eigenvalue weighted by molar-refractivity contribution is 5.86. The molecule has 1 atom stereocenters. The third kappa shape index (κ3) is 3.09. The first kappa shape index (κ1) is 16.7. The van der Waals surface area contributed by atoms with Gasteiger partial charge in [-0.15, -0.1) is 0 Å². The average Bonchev–Trinajstić information content (AvgIpc) is 3.03. The number of aliphatic hydroxyl groups excluding tert-OH is 1. The number of hydrogen-bond donors (Lipinski definition) is 1. The highest BCUT2D eigenvalue weighted by Gasteiger charge is 2.28. The summed E-state index contributed by atoms with van der Waals surface area (Å²) in [5.41, 5.74) is 3.46. The van der Waals surface area contributed by atoms with Gasteiger partial charge in [0.1, 0.15) is 5.76 Å². The maximum absolute atomic E-state index is 11.7. The first-order valence-corrected chi connectivity index (χ1v) is 8.30.